The fourth-order valence-corrected chi connectivity index (χ4v) is 14.4. The number of phosphoric ester groups is 1. The van der Waals surface area contributed by atoms with Gasteiger partial charge in [0.15, 0.2) is 5.75 Å². The van der Waals surface area contributed by atoms with Gasteiger partial charge in [0.05, 0.1) is 27.7 Å². The number of H-pyrrole nitrogens is 1. The van der Waals surface area contributed by atoms with Crippen molar-refractivity contribution in [1.29, 1.82) is 0 Å². The lowest BCUT2D eigenvalue weighted by Gasteiger charge is -2.69. The molecule has 11 amide bonds. The summed E-state index contributed by atoms with van der Waals surface area (Å²) >= 11 is 13.2. The number of urea groups is 1. The number of phosphoric acid groups is 1. The van der Waals surface area contributed by atoms with E-state index in [2.05, 4.69) is 38.1 Å². The van der Waals surface area contributed by atoms with Gasteiger partial charge >= 0.3 is 26.0 Å². The van der Waals surface area contributed by atoms with Crippen LogP contribution < -0.4 is 42.0 Å². The number of anilines is 2. The number of benzene rings is 2. The number of primary amides is 1. The maximum absolute atomic E-state index is 15.0. The number of nitrogens with zero attached hydrogens (tertiary/aromatic N) is 5. The molecule has 31 heteroatoms. The number of nitrogens with one attached hydrogen (secondary N) is 6. The molecule has 4 atom stereocenters. The summed E-state index contributed by atoms with van der Waals surface area (Å²) in [6, 6.07) is 5.23. The van der Waals surface area contributed by atoms with E-state index in [1.807, 2.05) is 20.0 Å². The third-order valence-corrected chi connectivity index (χ3v) is 19.8. The number of amides is 11. The molecule has 10 rings (SSSR count). The number of ether oxygens (including phenoxy) is 2. The van der Waals surface area contributed by atoms with E-state index in [0.717, 1.165) is 38.1 Å². The number of aryl methyl sites for hydroxylation is 1. The first-order valence-electron chi connectivity index (χ1n) is 32.0. The molecule has 0 unspecified atom stereocenters. The van der Waals surface area contributed by atoms with E-state index in [1.54, 1.807) is 60.2 Å². The number of unbranched alkanes of at least 4 members (excludes halogenated alkanes) is 2. The predicted octanol–water partition coefficient (Wildman–Crippen LogP) is 6.52. The van der Waals surface area contributed by atoms with E-state index < -0.39 is 60.8 Å². The van der Waals surface area contributed by atoms with Crippen LogP contribution in [0.15, 0.2) is 95.7 Å². The van der Waals surface area contributed by atoms with Gasteiger partial charge in [-0.2, -0.15) is 0 Å². The fraction of sp³-hybridized carbons (Fsp3) is 0.485. The van der Waals surface area contributed by atoms with Crippen molar-refractivity contribution >= 4 is 113 Å². The van der Waals surface area contributed by atoms with E-state index in [1.165, 1.54) is 42.1 Å². The van der Waals surface area contributed by atoms with E-state index in [4.69, 9.17) is 42.9 Å². The fourth-order valence-electron chi connectivity index (χ4n) is 13.6. The molecule has 3 aromatic rings. The Bertz CT molecular complexity index is 3800. The van der Waals surface area contributed by atoms with Crippen molar-refractivity contribution in [2.24, 2.45) is 28.4 Å². The molecular formula is C66H83Cl2N12O16P. The highest BCUT2D eigenvalue weighted by atomic mass is 35.5. The van der Waals surface area contributed by atoms with Crippen molar-refractivity contribution in [2.75, 3.05) is 81.9 Å². The zero-order valence-corrected chi connectivity index (χ0v) is 57.3. The Balaban J connectivity index is 0.769. The van der Waals surface area contributed by atoms with Gasteiger partial charge in [-0.1, -0.05) is 39.0 Å². The van der Waals surface area contributed by atoms with Crippen molar-refractivity contribution in [1.82, 2.24) is 45.9 Å². The molecule has 3 saturated carbocycles. The van der Waals surface area contributed by atoms with Crippen LogP contribution in [0.25, 0.3) is 10.9 Å². The third kappa shape index (κ3) is 16.3. The van der Waals surface area contributed by atoms with Crippen LogP contribution in [0.4, 0.5) is 25.8 Å². The highest BCUT2D eigenvalue weighted by Gasteiger charge is 2.76. The number of fused-ring (bicyclic) bond motifs is 3. The number of hydrogen-bond donors (Lipinski definition) is 9. The first kappa shape index (κ1) is 72.6. The Hall–Kier alpha value is -8.69. The molecule has 5 heterocycles. The number of rotatable bonds is 29. The molecule has 1 aromatic heterocycles. The lowest BCUT2D eigenvalue weighted by Crippen LogP contribution is -2.72. The Morgan fingerprint density at radius 3 is 2.11 bits per heavy atom. The number of allylic oxidation sites excluding steroid dienone is 2. The first-order valence-corrected chi connectivity index (χ1v) is 34.6. The van der Waals surface area contributed by atoms with Gasteiger partial charge in [-0.3, -0.25) is 48.2 Å². The summed E-state index contributed by atoms with van der Waals surface area (Å²) in [7, 11) is -1.97. The minimum Gasteiger partial charge on any atom is -0.445 e. The van der Waals surface area contributed by atoms with E-state index >= 15 is 0 Å². The number of aromatic nitrogens is 1. The molecule has 0 radical (unpaired) electrons. The smallest absolute Gasteiger partial charge is 0.445 e. The number of carbonyl (C=O) groups excluding carboxylic acids is 10. The predicted molar refractivity (Wildman–Crippen MR) is 359 cm³/mol. The molecule has 7 aliphatic rings. The van der Waals surface area contributed by atoms with Crippen molar-refractivity contribution in [3.8, 4) is 5.75 Å². The molecule has 10 N–H and O–H groups in total. The van der Waals surface area contributed by atoms with Crippen molar-refractivity contribution in [3.63, 3.8) is 0 Å². The molecule has 2 aromatic carbocycles. The molecule has 522 valence electrons. The number of alkyl halides is 2. The lowest BCUT2D eigenvalue weighted by atomic mass is 9.34. The molecule has 1 saturated heterocycles. The summed E-state index contributed by atoms with van der Waals surface area (Å²) in [6.07, 6.45) is 8.67. The summed E-state index contributed by atoms with van der Waals surface area (Å²) in [5.74, 6) is -3.57. The molecule has 97 heavy (non-hydrogen) atoms. The lowest BCUT2D eigenvalue weighted by molar-refractivity contribution is -0.212. The van der Waals surface area contributed by atoms with Crippen LogP contribution in [0, 0.1) is 29.6 Å². The van der Waals surface area contributed by atoms with Gasteiger partial charge in [-0.25, -0.2) is 18.9 Å². The second-order valence-corrected chi connectivity index (χ2v) is 27.8. The molecule has 4 aliphatic heterocycles. The normalized spacial score (nSPS) is 21.7. The van der Waals surface area contributed by atoms with Crippen LogP contribution in [0.1, 0.15) is 101 Å². The summed E-state index contributed by atoms with van der Waals surface area (Å²) in [4.78, 5) is 162. The summed E-state index contributed by atoms with van der Waals surface area (Å²) in [6.45, 7) is 12.2. The second kappa shape index (κ2) is 30.4. The van der Waals surface area contributed by atoms with Crippen LogP contribution in [-0.4, -0.2) is 178 Å². The standard InChI is InChI=1S/C66H83Cl2N12O16P/c1-37(2)56(75-50(81)13-9-8-10-21-78-51(82)18-19-52(78)83)59(85)74-46(12-11-20-71-62(69)88)58(84)73-44-16-14-41(15-17-44)33-94-63(89)76(6)22-23-77(7)64(90)95-49-25-48-55(53-39(4)29-72-57(49)53)43(27-68)32-80(48)61(87)66-34-65(35-66,36-66)60(86)79-31-42(26-67)54(45-30-70-28-38(45)3)47(79)24-40(5)96-97(91,92)93/h14-19,24-25,28-29,37,42-43,46,56,70,72H,5,8-13,20-23,26-27,30-36H2,1-4,6-7H3,(H,73,84)(H,74,85)(H,75,81)(H3,69,71,88)(H2,91,92,93)/b47-24+,54-45+/t42-,43-,46+,56+,65?,66?/m1/s1. The minimum absolute atomic E-state index is 0.0208. The van der Waals surface area contributed by atoms with Gasteiger partial charge in [0.2, 0.25) is 29.5 Å². The van der Waals surface area contributed by atoms with Crippen LogP contribution in [0.5, 0.6) is 5.75 Å². The number of aromatic amines is 1. The van der Waals surface area contributed by atoms with Crippen molar-refractivity contribution in [2.45, 2.75) is 110 Å². The van der Waals surface area contributed by atoms with Gasteiger partial charge in [-0.15, -0.1) is 23.2 Å². The monoisotopic (exact) mass is 1400 g/mol. The van der Waals surface area contributed by atoms with Gasteiger partial charge in [0.1, 0.15) is 24.4 Å². The van der Waals surface area contributed by atoms with Gasteiger partial charge in [-0.05, 0) is 116 Å². The molecular weight excluding hydrogens is 1320 g/mol. The number of likely N-dealkylation sites (N-methyl/N-ethyl adjacent to an activating group) is 2. The Morgan fingerprint density at radius 2 is 1.51 bits per heavy atom. The number of imide groups is 1. The van der Waals surface area contributed by atoms with Gasteiger partial charge in [0, 0.05) is 131 Å². The second-order valence-electron chi connectivity index (χ2n) is 26.0. The number of nitrogens with two attached hydrogens (primary N) is 1. The van der Waals surface area contributed by atoms with Gasteiger partial charge < -0.3 is 70.9 Å². The zero-order valence-electron chi connectivity index (χ0n) is 54.9. The molecule has 3 aliphatic carbocycles. The summed E-state index contributed by atoms with van der Waals surface area (Å²) in [5.41, 5.74) is 10.0. The van der Waals surface area contributed by atoms with Crippen LogP contribution in [0.3, 0.4) is 0 Å². The van der Waals surface area contributed by atoms with E-state index in [0.29, 0.717) is 54.0 Å². The summed E-state index contributed by atoms with van der Waals surface area (Å²) < 4.78 is 28.3. The van der Waals surface area contributed by atoms with E-state index in [9.17, 15) is 62.3 Å². The average Bonchev–Trinajstić information content (AvgIpc) is 1.46. The minimum atomic E-state index is -4.99. The highest BCUT2D eigenvalue weighted by molar-refractivity contribution is 7.46. The molecule has 4 fully saturated rings. The van der Waals surface area contributed by atoms with Crippen LogP contribution >= 0.6 is 31.0 Å². The first-order chi connectivity index (χ1) is 46.0. The number of hydrogen-bond acceptors (Lipinski definition) is 15. The Morgan fingerprint density at radius 1 is 0.866 bits per heavy atom. The summed E-state index contributed by atoms with van der Waals surface area (Å²) in [5, 5.41) is 14.7. The quantitative estimate of drug-likeness (QED) is 0.0117. The van der Waals surface area contributed by atoms with Crippen molar-refractivity contribution < 1.29 is 76.3 Å². The maximum Gasteiger partial charge on any atom is 0.524 e. The third-order valence-electron chi connectivity index (χ3n) is 18.6. The molecule has 2 bridgehead atoms. The Kier molecular flexibility index (Phi) is 22.7. The zero-order chi connectivity index (χ0) is 70.4. The van der Waals surface area contributed by atoms with Crippen LogP contribution in [-0.2, 0) is 54.0 Å². The highest BCUT2D eigenvalue weighted by Crippen LogP contribution is 2.75. The molecule has 28 nitrogen and oxygen atoms in total. The Labute approximate surface area is 570 Å². The van der Waals surface area contributed by atoms with Gasteiger partial charge in [0.25, 0.3) is 11.8 Å². The molecule has 0 spiro atoms. The number of carbonyl (C=O) groups is 10. The number of halogens is 2. The average molecular weight is 1400 g/mol. The number of likely N-dealkylation sites (tertiary alicyclic amines) is 1. The SMILES string of the molecule is C=C(/C=C1\C(=C2/CNC=C2C)[C@H](CCl)CN1C(=O)C12CC(C(=O)N3C[C@@H](CCl)c4c3cc(OC(=O)N(C)CCN(C)C(=O)OCc3ccc(NC(=O)[C@H](CCCNC(N)=O)NC(=O)[C@@H](NC(=O)CCCCCN5C(=O)C=CC5=O)C(C)C)cc3)c3[nH]cc(C)c43)(C1)C2)OP(=O)(O)O. The maximum atomic E-state index is 15.0. The largest absolute Gasteiger partial charge is 0.524 e. The van der Waals surface area contributed by atoms with Crippen molar-refractivity contribution in [3.05, 3.63) is 112 Å². The topological polar surface area (TPSA) is 374 Å². The van der Waals surface area contributed by atoms with Crippen LogP contribution in [0.2, 0.25) is 0 Å². The van der Waals surface area contributed by atoms with E-state index in [-0.39, 0.29) is 155 Å².